The van der Waals surface area contributed by atoms with E-state index in [0.717, 1.165) is 36.1 Å². The number of rotatable bonds is 10. The van der Waals surface area contributed by atoms with Gasteiger partial charge in [-0.15, -0.1) is 0 Å². The highest BCUT2D eigenvalue weighted by molar-refractivity contribution is 7.92. The number of aliphatic hydroxyl groups excluding tert-OH is 1. The first kappa shape index (κ1) is 24.3. The number of halogens is 1. The van der Waals surface area contributed by atoms with Gasteiger partial charge in [0.05, 0.1) is 35.9 Å². The highest BCUT2D eigenvalue weighted by Crippen LogP contribution is 2.31. The van der Waals surface area contributed by atoms with Gasteiger partial charge in [0, 0.05) is 11.1 Å². The third-order valence-electron chi connectivity index (χ3n) is 4.87. The predicted molar refractivity (Wildman–Crippen MR) is 123 cm³/mol. The first-order valence-corrected chi connectivity index (χ1v) is 11.9. The van der Waals surface area contributed by atoms with E-state index in [1.807, 2.05) is 26.0 Å². The lowest BCUT2D eigenvalue weighted by atomic mass is 9.97. The molecule has 0 bridgehead atoms. The second kappa shape index (κ2) is 11.4. The monoisotopic (exact) mass is 433 g/mol. The number of anilines is 1. The van der Waals surface area contributed by atoms with Gasteiger partial charge >= 0.3 is 0 Å². The van der Waals surface area contributed by atoms with Crippen LogP contribution in [-0.4, -0.2) is 39.0 Å². The normalized spacial score (nSPS) is 13.8. The molecule has 0 spiro atoms. The van der Waals surface area contributed by atoms with Crippen molar-refractivity contribution in [3.05, 3.63) is 47.4 Å². The van der Waals surface area contributed by atoms with E-state index in [2.05, 4.69) is 16.9 Å². The van der Waals surface area contributed by atoms with Gasteiger partial charge < -0.3 is 9.66 Å². The molecular formula is C23H32FN3O2S. The summed E-state index contributed by atoms with van der Waals surface area (Å²) in [5.41, 5.74) is 3.14. The molecule has 0 saturated carbocycles. The maximum Gasteiger partial charge on any atom is 0.268 e. The second-order valence-corrected chi connectivity index (χ2v) is 9.07. The summed E-state index contributed by atoms with van der Waals surface area (Å²) in [6, 6.07) is 6.19. The Kier molecular flexibility index (Phi) is 9.27. The molecule has 2 unspecified atom stereocenters. The van der Waals surface area contributed by atoms with Crippen LogP contribution in [0.1, 0.15) is 63.6 Å². The van der Waals surface area contributed by atoms with E-state index in [4.69, 9.17) is 0 Å². The van der Waals surface area contributed by atoms with Crippen molar-refractivity contribution in [1.29, 1.82) is 0 Å². The molecule has 1 aromatic heterocycles. The molecule has 7 heteroatoms. The molecule has 0 aliphatic rings. The average Bonchev–Trinajstić information content (AvgIpc) is 2.71. The van der Waals surface area contributed by atoms with Gasteiger partial charge in [-0.25, -0.2) is 14.4 Å². The molecule has 2 aromatic rings. The molecule has 1 N–H and O–H groups in total. The van der Waals surface area contributed by atoms with Crippen molar-refractivity contribution in [2.24, 2.45) is 0 Å². The minimum atomic E-state index is -1.27. The van der Waals surface area contributed by atoms with E-state index in [0.29, 0.717) is 18.1 Å². The molecule has 0 fully saturated rings. The van der Waals surface area contributed by atoms with Crippen molar-refractivity contribution >= 4 is 23.4 Å². The number of hydrogen-bond donors (Lipinski definition) is 1. The Labute approximate surface area is 182 Å². The van der Waals surface area contributed by atoms with E-state index >= 15 is 0 Å². The van der Waals surface area contributed by atoms with Gasteiger partial charge in [0.25, 0.3) is 5.95 Å². The molecular weight excluding hydrogens is 401 g/mol. The molecule has 5 nitrogen and oxygen atoms in total. The molecule has 0 radical (unpaired) electrons. The van der Waals surface area contributed by atoms with Crippen molar-refractivity contribution in [2.45, 2.75) is 58.5 Å². The van der Waals surface area contributed by atoms with Crippen LogP contribution in [-0.2, 0) is 11.4 Å². The van der Waals surface area contributed by atoms with E-state index in [1.165, 1.54) is 16.4 Å². The third-order valence-corrected chi connectivity index (χ3v) is 5.80. The SMILES string of the molecule is CCCC(O)CC/C=C/c1c(-c2ccc(F)cc2)nc(N(C)[S+](C)[O-])nc1C(C)C. The van der Waals surface area contributed by atoms with E-state index in [-0.39, 0.29) is 17.8 Å². The summed E-state index contributed by atoms with van der Waals surface area (Å²) in [5.74, 6) is 0.162. The first-order chi connectivity index (χ1) is 14.2. The third kappa shape index (κ3) is 6.52. The van der Waals surface area contributed by atoms with Gasteiger partial charge in [0.15, 0.2) is 0 Å². The Balaban J connectivity index is 2.52. The summed E-state index contributed by atoms with van der Waals surface area (Å²) >= 11 is -1.27. The smallest absolute Gasteiger partial charge is 0.268 e. The minimum Gasteiger partial charge on any atom is -0.593 e. The summed E-state index contributed by atoms with van der Waals surface area (Å²) < 4.78 is 27.0. The van der Waals surface area contributed by atoms with Crippen LogP contribution in [0, 0.1) is 5.82 Å². The van der Waals surface area contributed by atoms with Gasteiger partial charge in [-0.2, -0.15) is 4.31 Å². The maximum absolute atomic E-state index is 13.5. The molecule has 30 heavy (non-hydrogen) atoms. The van der Waals surface area contributed by atoms with Gasteiger partial charge in [-0.3, -0.25) is 0 Å². The van der Waals surface area contributed by atoms with Gasteiger partial charge in [-0.1, -0.05) is 39.3 Å². The van der Waals surface area contributed by atoms with Crippen molar-refractivity contribution in [3.63, 3.8) is 0 Å². The zero-order valence-electron chi connectivity index (χ0n) is 18.4. The molecule has 1 aromatic carbocycles. The molecule has 0 aliphatic carbocycles. The average molecular weight is 434 g/mol. The fourth-order valence-electron chi connectivity index (χ4n) is 3.13. The van der Waals surface area contributed by atoms with E-state index in [1.54, 1.807) is 25.4 Å². The number of benzene rings is 1. The van der Waals surface area contributed by atoms with Crippen LogP contribution in [0.2, 0.25) is 0 Å². The zero-order valence-corrected chi connectivity index (χ0v) is 19.2. The standard InChI is InChI=1S/C23H32FN3O2S/c1-6-9-19(28)10-7-8-11-20-21(16(2)3)25-23(27(4)30(5)29)26-22(20)17-12-14-18(24)15-13-17/h8,11-16,19,28H,6-7,9-10H2,1-5H3/b11-8+. The van der Waals surface area contributed by atoms with Crippen LogP contribution in [0.15, 0.2) is 30.3 Å². The lowest BCUT2D eigenvalue weighted by Crippen LogP contribution is -2.27. The molecule has 0 aliphatic heterocycles. The molecule has 164 valence electrons. The molecule has 1 heterocycles. The fourth-order valence-corrected chi connectivity index (χ4v) is 3.44. The summed E-state index contributed by atoms with van der Waals surface area (Å²) in [6.07, 6.45) is 8.48. The van der Waals surface area contributed by atoms with Crippen LogP contribution in [0.25, 0.3) is 17.3 Å². The van der Waals surface area contributed by atoms with Crippen LogP contribution < -0.4 is 4.31 Å². The lowest BCUT2D eigenvalue weighted by Gasteiger charge is -2.21. The van der Waals surface area contributed by atoms with Gasteiger partial charge in [0.1, 0.15) is 12.1 Å². The molecule has 0 amide bonds. The molecule has 2 rings (SSSR count). The Bertz CT molecular complexity index is 841. The maximum atomic E-state index is 13.5. The van der Waals surface area contributed by atoms with Crippen LogP contribution in [0.3, 0.4) is 0 Å². The lowest BCUT2D eigenvalue weighted by molar-refractivity contribution is 0.155. The Morgan fingerprint density at radius 1 is 1.20 bits per heavy atom. The quantitative estimate of drug-likeness (QED) is 0.528. The number of hydrogen-bond acceptors (Lipinski definition) is 5. The molecule has 2 atom stereocenters. The van der Waals surface area contributed by atoms with E-state index < -0.39 is 11.4 Å². The first-order valence-electron chi connectivity index (χ1n) is 10.3. The van der Waals surface area contributed by atoms with E-state index in [9.17, 15) is 14.0 Å². The van der Waals surface area contributed by atoms with Crippen LogP contribution in [0.4, 0.5) is 10.3 Å². The predicted octanol–water partition coefficient (Wildman–Crippen LogP) is 5.09. The van der Waals surface area contributed by atoms with Crippen LogP contribution in [0.5, 0.6) is 0 Å². The van der Waals surface area contributed by atoms with Crippen molar-refractivity contribution in [3.8, 4) is 11.3 Å². The van der Waals surface area contributed by atoms with Crippen LogP contribution >= 0.6 is 0 Å². The van der Waals surface area contributed by atoms with Gasteiger partial charge in [-0.05, 0) is 49.4 Å². The topological polar surface area (TPSA) is 72.3 Å². The largest absolute Gasteiger partial charge is 0.593 e. The Hall–Kier alpha value is -1.96. The summed E-state index contributed by atoms with van der Waals surface area (Å²) in [6.45, 7) is 6.15. The number of aromatic nitrogens is 2. The highest BCUT2D eigenvalue weighted by Gasteiger charge is 2.21. The fraction of sp³-hybridized carbons (Fsp3) is 0.478. The van der Waals surface area contributed by atoms with Crippen molar-refractivity contribution in [2.75, 3.05) is 17.6 Å². The Morgan fingerprint density at radius 2 is 1.87 bits per heavy atom. The summed E-state index contributed by atoms with van der Waals surface area (Å²) in [5, 5.41) is 9.97. The van der Waals surface area contributed by atoms with Gasteiger partial charge in [0.2, 0.25) is 0 Å². The highest BCUT2D eigenvalue weighted by atomic mass is 32.2. The van der Waals surface area contributed by atoms with Crippen molar-refractivity contribution < 1.29 is 14.0 Å². The summed E-state index contributed by atoms with van der Waals surface area (Å²) in [4.78, 5) is 9.37. The zero-order chi connectivity index (χ0) is 22.3. The minimum absolute atomic E-state index is 0.106. The summed E-state index contributed by atoms with van der Waals surface area (Å²) in [7, 11) is 1.69. The Morgan fingerprint density at radius 3 is 2.43 bits per heavy atom. The number of aliphatic hydroxyl groups is 1. The number of nitrogens with zero attached hydrogens (tertiary/aromatic N) is 3. The second-order valence-electron chi connectivity index (χ2n) is 7.68. The van der Waals surface area contributed by atoms with Crippen molar-refractivity contribution in [1.82, 2.24) is 9.97 Å². The number of allylic oxidation sites excluding steroid dienone is 1. The molecule has 0 saturated heterocycles.